The minimum absolute atomic E-state index is 0.302. The third kappa shape index (κ3) is 3.19. The number of benzene rings is 2. The van der Waals surface area contributed by atoms with Crippen LogP contribution in [-0.4, -0.2) is 17.6 Å². The zero-order valence-corrected chi connectivity index (χ0v) is 14.2. The molecule has 2 aromatic carbocycles. The Bertz CT molecular complexity index is 909. The second-order valence-corrected chi connectivity index (χ2v) is 5.80. The number of para-hydroxylation sites is 1. The summed E-state index contributed by atoms with van der Waals surface area (Å²) < 4.78 is 5.16. The minimum atomic E-state index is -0.414. The number of halogens is 1. The van der Waals surface area contributed by atoms with Gasteiger partial charge in [-0.05, 0) is 38.1 Å². The van der Waals surface area contributed by atoms with E-state index in [2.05, 4.69) is 10.3 Å². The number of hydrogen-bond donors (Lipinski definition) is 1. The quantitative estimate of drug-likeness (QED) is 0.670. The summed E-state index contributed by atoms with van der Waals surface area (Å²) in [6.45, 7) is 4.07. The molecule has 3 aromatic rings. The third-order valence-corrected chi connectivity index (χ3v) is 3.98. The lowest BCUT2D eigenvalue weighted by Gasteiger charge is -2.15. The number of pyridine rings is 1. The first-order valence-electron chi connectivity index (χ1n) is 7.68. The van der Waals surface area contributed by atoms with Gasteiger partial charge in [-0.2, -0.15) is 0 Å². The molecule has 0 aliphatic heterocycles. The summed E-state index contributed by atoms with van der Waals surface area (Å²) >= 11 is 6.26. The molecule has 0 aliphatic carbocycles. The molecular weight excluding hydrogens is 324 g/mol. The Morgan fingerprint density at radius 3 is 2.79 bits per heavy atom. The summed E-state index contributed by atoms with van der Waals surface area (Å²) in [6.07, 6.45) is 1.54. The van der Waals surface area contributed by atoms with E-state index in [1.165, 1.54) is 6.20 Å². The van der Waals surface area contributed by atoms with Gasteiger partial charge in [0.05, 0.1) is 28.5 Å². The second kappa shape index (κ2) is 6.89. The number of nitrogens with one attached hydrogen (secondary N) is 1. The predicted molar refractivity (Wildman–Crippen MR) is 97.2 cm³/mol. The Labute approximate surface area is 145 Å². The van der Waals surface area contributed by atoms with Crippen molar-refractivity contribution in [1.29, 1.82) is 0 Å². The summed E-state index contributed by atoms with van der Waals surface area (Å²) in [5.74, 6) is -0.414. The number of esters is 1. The standard InChI is InChI=1S/C19H17ClN2O2/c1-3-24-19(23)14-11-21-16-9-8-12(2)10-13(16)18(14)22-17-7-5-4-6-15(17)20/h4-11H,3H2,1-2H3,(H,21,22). The fourth-order valence-corrected chi connectivity index (χ4v) is 2.68. The van der Waals surface area contributed by atoms with Crippen molar-refractivity contribution in [3.63, 3.8) is 0 Å². The van der Waals surface area contributed by atoms with Gasteiger partial charge in [0, 0.05) is 11.6 Å². The molecule has 4 nitrogen and oxygen atoms in total. The van der Waals surface area contributed by atoms with Crippen molar-refractivity contribution in [3.05, 3.63) is 64.8 Å². The lowest BCUT2D eigenvalue weighted by Crippen LogP contribution is -2.09. The van der Waals surface area contributed by atoms with Gasteiger partial charge in [0.2, 0.25) is 0 Å². The smallest absolute Gasteiger partial charge is 0.341 e. The summed E-state index contributed by atoms with van der Waals surface area (Å²) in [5.41, 5.74) is 3.62. The molecule has 0 saturated heterocycles. The van der Waals surface area contributed by atoms with E-state index < -0.39 is 5.97 Å². The maximum atomic E-state index is 12.3. The molecule has 1 heterocycles. The van der Waals surface area contributed by atoms with E-state index in [4.69, 9.17) is 16.3 Å². The van der Waals surface area contributed by atoms with E-state index in [1.54, 1.807) is 13.0 Å². The van der Waals surface area contributed by atoms with Crippen molar-refractivity contribution in [2.24, 2.45) is 0 Å². The number of fused-ring (bicyclic) bond motifs is 1. The van der Waals surface area contributed by atoms with Crippen molar-refractivity contribution in [2.75, 3.05) is 11.9 Å². The Balaban J connectivity index is 2.20. The van der Waals surface area contributed by atoms with Gasteiger partial charge >= 0.3 is 5.97 Å². The van der Waals surface area contributed by atoms with E-state index in [9.17, 15) is 4.79 Å². The van der Waals surface area contributed by atoms with E-state index in [0.717, 1.165) is 22.2 Å². The van der Waals surface area contributed by atoms with Crippen molar-refractivity contribution < 1.29 is 9.53 Å². The zero-order chi connectivity index (χ0) is 17.1. The maximum Gasteiger partial charge on any atom is 0.341 e. The minimum Gasteiger partial charge on any atom is -0.462 e. The van der Waals surface area contributed by atoms with E-state index in [1.807, 2.05) is 43.3 Å². The summed E-state index contributed by atoms with van der Waals surface area (Å²) in [6, 6.07) is 13.3. The van der Waals surface area contributed by atoms with Crippen LogP contribution in [0.5, 0.6) is 0 Å². The van der Waals surface area contributed by atoms with Crippen LogP contribution in [0.1, 0.15) is 22.8 Å². The van der Waals surface area contributed by atoms with Crippen LogP contribution >= 0.6 is 11.6 Å². The predicted octanol–water partition coefficient (Wildman–Crippen LogP) is 5.12. The van der Waals surface area contributed by atoms with Gasteiger partial charge in [-0.25, -0.2) is 4.79 Å². The zero-order valence-electron chi connectivity index (χ0n) is 13.5. The molecular formula is C19H17ClN2O2. The molecule has 0 unspecified atom stereocenters. The molecule has 0 aliphatic rings. The number of carbonyl (C=O) groups is 1. The molecule has 0 fully saturated rings. The monoisotopic (exact) mass is 340 g/mol. The SMILES string of the molecule is CCOC(=O)c1cnc2ccc(C)cc2c1Nc1ccccc1Cl. The Morgan fingerprint density at radius 2 is 2.04 bits per heavy atom. The van der Waals surface area contributed by atoms with Gasteiger partial charge in [0.15, 0.2) is 0 Å². The molecule has 0 amide bonds. The number of hydrogen-bond acceptors (Lipinski definition) is 4. The Morgan fingerprint density at radius 1 is 1.25 bits per heavy atom. The highest BCUT2D eigenvalue weighted by molar-refractivity contribution is 6.33. The van der Waals surface area contributed by atoms with Crippen molar-refractivity contribution >= 4 is 39.8 Å². The molecule has 5 heteroatoms. The highest BCUT2D eigenvalue weighted by Gasteiger charge is 2.17. The van der Waals surface area contributed by atoms with Gasteiger partial charge in [-0.3, -0.25) is 4.98 Å². The highest BCUT2D eigenvalue weighted by atomic mass is 35.5. The lowest BCUT2D eigenvalue weighted by atomic mass is 10.1. The number of nitrogens with zero attached hydrogens (tertiary/aromatic N) is 1. The highest BCUT2D eigenvalue weighted by Crippen LogP contribution is 2.32. The van der Waals surface area contributed by atoms with Gasteiger partial charge < -0.3 is 10.1 Å². The first-order chi connectivity index (χ1) is 11.6. The molecule has 122 valence electrons. The number of anilines is 2. The Hall–Kier alpha value is -2.59. The van der Waals surface area contributed by atoms with Crippen LogP contribution in [0.25, 0.3) is 10.9 Å². The molecule has 0 saturated carbocycles. The van der Waals surface area contributed by atoms with Crippen molar-refractivity contribution in [2.45, 2.75) is 13.8 Å². The van der Waals surface area contributed by atoms with Crippen LogP contribution in [0.15, 0.2) is 48.7 Å². The van der Waals surface area contributed by atoms with Crippen LogP contribution in [0, 0.1) is 6.92 Å². The number of carbonyl (C=O) groups excluding carboxylic acids is 1. The molecule has 1 aromatic heterocycles. The average Bonchev–Trinajstić information content (AvgIpc) is 2.57. The maximum absolute atomic E-state index is 12.3. The van der Waals surface area contributed by atoms with Crippen LogP contribution in [0.3, 0.4) is 0 Å². The molecule has 0 bridgehead atoms. The average molecular weight is 341 g/mol. The van der Waals surface area contributed by atoms with Crippen LogP contribution < -0.4 is 5.32 Å². The fraction of sp³-hybridized carbons (Fsp3) is 0.158. The van der Waals surface area contributed by atoms with Crippen LogP contribution in [0.4, 0.5) is 11.4 Å². The first-order valence-corrected chi connectivity index (χ1v) is 8.06. The van der Waals surface area contributed by atoms with Crippen LogP contribution in [-0.2, 0) is 4.74 Å². The number of rotatable bonds is 4. The molecule has 0 spiro atoms. The Kier molecular flexibility index (Phi) is 4.67. The fourth-order valence-electron chi connectivity index (χ4n) is 2.50. The largest absolute Gasteiger partial charge is 0.462 e. The molecule has 0 atom stereocenters. The van der Waals surface area contributed by atoms with E-state index in [0.29, 0.717) is 22.9 Å². The van der Waals surface area contributed by atoms with E-state index >= 15 is 0 Å². The topological polar surface area (TPSA) is 51.2 Å². The molecule has 1 N–H and O–H groups in total. The molecule has 0 radical (unpaired) electrons. The first kappa shape index (κ1) is 16.3. The van der Waals surface area contributed by atoms with Crippen LogP contribution in [0.2, 0.25) is 5.02 Å². The molecule has 3 rings (SSSR count). The van der Waals surface area contributed by atoms with Gasteiger partial charge in [0.25, 0.3) is 0 Å². The molecule has 24 heavy (non-hydrogen) atoms. The van der Waals surface area contributed by atoms with Gasteiger partial charge in [-0.15, -0.1) is 0 Å². The summed E-state index contributed by atoms with van der Waals surface area (Å²) in [4.78, 5) is 16.7. The number of ether oxygens (including phenoxy) is 1. The summed E-state index contributed by atoms with van der Waals surface area (Å²) in [7, 11) is 0. The number of aryl methyl sites for hydroxylation is 1. The normalized spacial score (nSPS) is 10.6. The van der Waals surface area contributed by atoms with Crippen molar-refractivity contribution in [3.8, 4) is 0 Å². The third-order valence-electron chi connectivity index (χ3n) is 3.65. The number of aromatic nitrogens is 1. The van der Waals surface area contributed by atoms with Crippen molar-refractivity contribution in [1.82, 2.24) is 4.98 Å². The van der Waals surface area contributed by atoms with Gasteiger partial charge in [-0.1, -0.05) is 35.4 Å². The summed E-state index contributed by atoms with van der Waals surface area (Å²) in [5, 5.41) is 4.70. The van der Waals surface area contributed by atoms with Gasteiger partial charge in [0.1, 0.15) is 5.56 Å². The van der Waals surface area contributed by atoms with E-state index in [-0.39, 0.29) is 0 Å². The lowest BCUT2D eigenvalue weighted by molar-refractivity contribution is 0.0527. The second-order valence-electron chi connectivity index (χ2n) is 5.39.